The van der Waals surface area contributed by atoms with E-state index in [1.165, 1.54) is 37.5 Å². The van der Waals surface area contributed by atoms with Crippen LogP contribution in [0, 0.1) is 0 Å². The van der Waals surface area contributed by atoms with E-state index in [1.807, 2.05) is 0 Å². The molecule has 1 unspecified atom stereocenters. The van der Waals surface area contributed by atoms with Gasteiger partial charge < -0.3 is 15.5 Å². The van der Waals surface area contributed by atoms with Gasteiger partial charge in [0.2, 0.25) is 0 Å². The minimum absolute atomic E-state index is 0.112. The van der Waals surface area contributed by atoms with Crippen molar-refractivity contribution in [1.29, 1.82) is 0 Å². The highest BCUT2D eigenvalue weighted by Crippen LogP contribution is 2.20. The van der Waals surface area contributed by atoms with Gasteiger partial charge in [-0.15, -0.1) is 0 Å². The molecule has 1 atom stereocenters. The van der Waals surface area contributed by atoms with Crippen LogP contribution in [-0.4, -0.2) is 46.7 Å². The van der Waals surface area contributed by atoms with Crippen molar-refractivity contribution in [1.82, 2.24) is 10.2 Å². The van der Waals surface area contributed by atoms with E-state index in [0.717, 1.165) is 13.1 Å². The Labute approximate surface area is 119 Å². The highest BCUT2D eigenvalue weighted by Gasteiger charge is 2.17. The zero-order valence-electron chi connectivity index (χ0n) is 11.8. The molecule has 0 aromatic heterocycles. The van der Waals surface area contributed by atoms with Crippen LogP contribution in [0.5, 0.6) is 11.5 Å². The van der Waals surface area contributed by atoms with Gasteiger partial charge in [-0.05, 0) is 45.0 Å². The van der Waals surface area contributed by atoms with Gasteiger partial charge in [0.1, 0.15) is 11.5 Å². The number of aromatic hydroxyl groups is 2. The number of amides is 1. The van der Waals surface area contributed by atoms with E-state index in [2.05, 4.69) is 17.1 Å². The second-order valence-corrected chi connectivity index (χ2v) is 5.39. The molecule has 110 valence electrons. The summed E-state index contributed by atoms with van der Waals surface area (Å²) < 4.78 is 0. The third-order valence-electron chi connectivity index (χ3n) is 3.74. The zero-order valence-corrected chi connectivity index (χ0v) is 11.8. The Hall–Kier alpha value is -1.75. The number of nitrogens with zero attached hydrogens (tertiary/aromatic N) is 1. The molecule has 1 saturated heterocycles. The van der Waals surface area contributed by atoms with Crippen molar-refractivity contribution in [3.05, 3.63) is 23.8 Å². The molecule has 1 fully saturated rings. The summed E-state index contributed by atoms with van der Waals surface area (Å²) in [6, 6.07) is 4.19. The molecule has 1 aromatic carbocycles. The SMILES string of the molecule is CC(CNC(=O)c1cc(O)cc(O)c1)N1CCCCC1. The highest BCUT2D eigenvalue weighted by atomic mass is 16.3. The maximum atomic E-state index is 12.0. The Kier molecular flexibility index (Phi) is 4.84. The van der Waals surface area contributed by atoms with Gasteiger partial charge in [-0.25, -0.2) is 0 Å². The van der Waals surface area contributed by atoms with Crippen molar-refractivity contribution in [3.63, 3.8) is 0 Å². The van der Waals surface area contributed by atoms with Gasteiger partial charge in [-0.2, -0.15) is 0 Å². The van der Waals surface area contributed by atoms with Crippen molar-refractivity contribution in [3.8, 4) is 11.5 Å². The average Bonchev–Trinajstić information content (AvgIpc) is 2.44. The van der Waals surface area contributed by atoms with Crippen molar-refractivity contribution in [2.24, 2.45) is 0 Å². The van der Waals surface area contributed by atoms with Crippen LogP contribution in [0.25, 0.3) is 0 Å². The first-order valence-electron chi connectivity index (χ1n) is 7.11. The number of benzene rings is 1. The fourth-order valence-corrected chi connectivity index (χ4v) is 2.56. The molecule has 1 aliphatic rings. The molecular weight excluding hydrogens is 256 g/mol. The lowest BCUT2D eigenvalue weighted by Gasteiger charge is -2.32. The average molecular weight is 278 g/mol. The number of likely N-dealkylation sites (tertiary alicyclic amines) is 1. The molecule has 0 bridgehead atoms. The molecule has 0 radical (unpaired) electrons. The summed E-state index contributed by atoms with van der Waals surface area (Å²) in [5, 5.41) is 21.6. The summed E-state index contributed by atoms with van der Waals surface area (Å²) >= 11 is 0. The molecule has 0 saturated carbocycles. The molecule has 2 rings (SSSR count). The van der Waals surface area contributed by atoms with E-state index in [4.69, 9.17) is 0 Å². The molecule has 1 amide bonds. The van der Waals surface area contributed by atoms with Crippen LogP contribution in [-0.2, 0) is 0 Å². The first kappa shape index (κ1) is 14.7. The van der Waals surface area contributed by atoms with Crippen molar-refractivity contribution >= 4 is 5.91 Å². The summed E-state index contributed by atoms with van der Waals surface area (Å²) in [4.78, 5) is 14.4. The van der Waals surface area contributed by atoms with Crippen LogP contribution >= 0.6 is 0 Å². The maximum Gasteiger partial charge on any atom is 0.251 e. The molecule has 0 aliphatic carbocycles. The number of hydrogen-bond acceptors (Lipinski definition) is 4. The van der Waals surface area contributed by atoms with Crippen LogP contribution in [0.15, 0.2) is 18.2 Å². The first-order chi connectivity index (χ1) is 9.56. The summed E-state index contributed by atoms with van der Waals surface area (Å²) in [5.41, 5.74) is 0.272. The zero-order chi connectivity index (χ0) is 14.5. The number of rotatable bonds is 4. The number of carbonyl (C=O) groups excluding carboxylic acids is 1. The van der Waals surface area contributed by atoms with E-state index >= 15 is 0 Å². The first-order valence-corrected chi connectivity index (χ1v) is 7.11. The van der Waals surface area contributed by atoms with E-state index < -0.39 is 0 Å². The van der Waals surface area contributed by atoms with Gasteiger partial charge in [-0.1, -0.05) is 6.42 Å². The molecule has 20 heavy (non-hydrogen) atoms. The smallest absolute Gasteiger partial charge is 0.251 e. The summed E-state index contributed by atoms with van der Waals surface area (Å²) in [6.07, 6.45) is 3.73. The molecule has 5 nitrogen and oxygen atoms in total. The lowest BCUT2D eigenvalue weighted by atomic mass is 10.1. The minimum atomic E-state index is -0.278. The van der Waals surface area contributed by atoms with Gasteiger partial charge >= 0.3 is 0 Å². The standard InChI is InChI=1S/C15H22N2O3/c1-11(17-5-3-2-4-6-17)10-16-15(20)12-7-13(18)9-14(19)8-12/h7-9,11,18-19H,2-6,10H2,1H3,(H,16,20). The predicted molar refractivity (Wildman–Crippen MR) is 77.0 cm³/mol. The summed E-state index contributed by atoms with van der Waals surface area (Å²) in [6.45, 7) is 4.84. The highest BCUT2D eigenvalue weighted by molar-refractivity contribution is 5.95. The lowest BCUT2D eigenvalue weighted by Crippen LogP contribution is -2.44. The van der Waals surface area contributed by atoms with Crippen LogP contribution in [0.2, 0.25) is 0 Å². The fraction of sp³-hybridized carbons (Fsp3) is 0.533. The maximum absolute atomic E-state index is 12.0. The van der Waals surface area contributed by atoms with Gasteiger partial charge in [-0.3, -0.25) is 9.69 Å². The summed E-state index contributed by atoms with van der Waals surface area (Å²) in [7, 11) is 0. The fourth-order valence-electron chi connectivity index (χ4n) is 2.56. The number of nitrogens with one attached hydrogen (secondary N) is 1. The van der Waals surface area contributed by atoms with Gasteiger partial charge in [0.25, 0.3) is 5.91 Å². The molecule has 0 spiro atoms. The number of piperidine rings is 1. The van der Waals surface area contributed by atoms with E-state index in [0.29, 0.717) is 12.6 Å². The van der Waals surface area contributed by atoms with Gasteiger partial charge in [0, 0.05) is 24.2 Å². The minimum Gasteiger partial charge on any atom is -0.508 e. The summed E-state index contributed by atoms with van der Waals surface area (Å²) in [5.74, 6) is -0.501. The van der Waals surface area contributed by atoms with Crippen LogP contribution in [0.3, 0.4) is 0 Å². The second kappa shape index (κ2) is 6.61. The van der Waals surface area contributed by atoms with Crippen molar-refractivity contribution in [2.75, 3.05) is 19.6 Å². The molecule has 1 heterocycles. The monoisotopic (exact) mass is 278 g/mol. The van der Waals surface area contributed by atoms with E-state index in [9.17, 15) is 15.0 Å². The Morgan fingerprint density at radius 2 is 1.80 bits per heavy atom. The van der Waals surface area contributed by atoms with E-state index in [-0.39, 0.29) is 23.0 Å². The Bertz CT molecular complexity index is 450. The van der Waals surface area contributed by atoms with Crippen LogP contribution in [0.4, 0.5) is 0 Å². The predicted octanol–water partition coefficient (Wildman–Crippen LogP) is 1.70. The lowest BCUT2D eigenvalue weighted by molar-refractivity contribution is 0.0929. The Morgan fingerprint density at radius 1 is 1.20 bits per heavy atom. The number of hydrogen-bond donors (Lipinski definition) is 3. The molecular formula is C15H22N2O3. The van der Waals surface area contributed by atoms with Gasteiger partial charge in [0.05, 0.1) is 0 Å². The van der Waals surface area contributed by atoms with Gasteiger partial charge in [0.15, 0.2) is 0 Å². The van der Waals surface area contributed by atoms with Crippen molar-refractivity contribution in [2.45, 2.75) is 32.2 Å². The second-order valence-electron chi connectivity index (χ2n) is 5.39. The normalized spacial score (nSPS) is 17.6. The largest absolute Gasteiger partial charge is 0.508 e. The third-order valence-corrected chi connectivity index (χ3v) is 3.74. The van der Waals surface area contributed by atoms with E-state index in [1.54, 1.807) is 0 Å². The topological polar surface area (TPSA) is 72.8 Å². The quantitative estimate of drug-likeness (QED) is 0.784. The van der Waals surface area contributed by atoms with Crippen LogP contribution in [0.1, 0.15) is 36.5 Å². The van der Waals surface area contributed by atoms with Crippen LogP contribution < -0.4 is 5.32 Å². The molecule has 3 N–H and O–H groups in total. The number of phenolic OH excluding ortho intramolecular Hbond substituents is 2. The number of phenols is 2. The third kappa shape index (κ3) is 3.87. The number of carbonyl (C=O) groups is 1. The Morgan fingerprint density at radius 3 is 2.40 bits per heavy atom. The molecule has 1 aliphatic heterocycles. The Balaban J connectivity index is 1.87. The molecule has 1 aromatic rings. The van der Waals surface area contributed by atoms with Crippen molar-refractivity contribution < 1.29 is 15.0 Å². The molecule has 5 heteroatoms.